The molecule has 1 aliphatic carbocycles. The van der Waals surface area contributed by atoms with Gasteiger partial charge in [0.1, 0.15) is 11.1 Å². The van der Waals surface area contributed by atoms with Crippen LogP contribution in [0.15, 0.2) is 0 Å². The fourth-order valence-electron chi connectivity index (χ4n) is 2.77. The average Bonchev–Trinajstić information content (AvgIpc) is 2.07. The predicted molar refractivity (Wildman–Crippen MR) is 80.6 cm³/mol. The van der Waals surface area contributed by atoms with Gasteiger partial charge in [-0.15, -0.1) is 0 Å². The summed E-state index contributed by atoms with van der Waals surface area (Å²) in [4.78, 5) is 23.2. The minimum Gasteiger partial charge on any atom is -0.480 e. The minimum absolute atomic E-state index is 0.396. The van der Waals surface area contributed by atoms with Gasteiger partial charge in [-0.25, -0.2) is 9.59 Å². The summed E-state index contributed by atoms with van der Waals surface area (Å²) in [5.41, 5.74) is -1.75. The van der Waals surface area contributed by atoms with Gasteiger partial charge in [0, 0.05) is 8.07 Å². The number of carbonyl (C=O) groups excluding carboxylic acids is 1. The van der Waals surface area contributed by atoms with E-state index in [-0.39, 0.29) is 0 Å². The molecule has 0 bridgehead atoms. The van der Waals surface area contributed by atoms with Gasteiger partial charge in [-0.3, -0.25) is 0 Å². The molecular weight excluding hydrogens is 274 g/mol. The first-order chi connectivity index (χ1) is 8.83. The number of alkyl carbamates (subject to hydrolysis) is 1. The van der Waals surface area contributed by atoms with E-state index in [1.165, 1.54) is 0 Å². The monoisotopic (exact) mass is 301 g/mol. The quantitative estimate of drug-likeness (QED) is 0.782. The van der Waals surface area contributed by atoms with Crippen molar-refractivity contribution < 1.29 is 19.4 Å². The topological polar surface area (TPSA) is 75.6 Å². The van der Waals surface area contributed by atoms with E-state index in [9.17, 15) is 14.7 Å². The van der Waals surface area contributed by atoms with E-state index in [2.05, 4.69) is 25.0 Å². The van der Waals surface area contributed by atoms with Crippen molar-refractivity contribution in [1.29, 1.82) is 0 Å². The Morgan fingerprint density at radius 1 is 1.30 bits per heavy atom. The number of rotatable bonds is 4. The Kier molecular flexibility index (Phi) is 4.58. The summed E-state index contributed by atoms with van der Waals surface area (Å²) >= 11 is 0. The molecule has 0 spiro atoms. The minimum atomic E-state index is -1.20. The van der Waals surface area contributed by atoms with Crippen LogP contribution in [0, 0.1) is 5.92 Å². The summed E-state index contributed by atoms with van der Waals surface area (Å²) in [6, 6.07) is 1.10. The van der Waals surface area contributed by atoms with Gasteiger partial charge >= 0.3 is 12.1 Å². The summed E-state index contributed by atoms with van der Waals surface area (Å²) in [5, 5.41) is 11.9. The molecule has 1 rings (SSSR count). The zero-order valence-electron chi connectivity index (χ0n) is 13.4. The highest BCUT2D eigenvalue weighted by atomic mass is 28.3. The summed E-state index contributed by atoms with van der Waals surface area (Å²) in [7, 11) is -1.20. The normalized spacial score (nSPS) is 26.6. The number of amides is 1. The van der Waals surface area contributed by atoms with Gasteiger partial charge in [-0.1, -0.05) is 25.7 Å². The fraction of sp³-hybridized carbons (Fsp3) is 0.857. The lowest BCUT2D eigenvalue weighted by molar-refractivity contribution is -0.150. The fourth-order valence-corrected chi connectivity index (χ4v) is 4.79. The molecule has 0 saturated heterocycles. The first-order valence-corrected chi connectivity index (χ1v) is 10.8. The zero-order chi connectivity index (χ0) is 15.8. The van der Waals surface area contributed by atoms with Gasteiger partial charge in [-0.05, 0) is 39.5 Å². The highest BCUT2D eigenvalue weighted by Crippen LogP contribution is 2.42. The Morgan fingerprint density at radius 2 is 1.80 bits per heavy atom. The van der Waals surface area contributed by atoms with E-state index in [0.29, 0.717) is 18.8 Å². The Labute approximate surface area is 122 Å². The van der Waals surface area contributed by atoms with Crippen LogP contribution in [0.1, 0.15) is 33.6 Å². The number of nitrogens with one attached hydrogen (secondary N) is 1. The van der Waals surface area contributed by atoms with Crippen LogP contribution in [0.4, 0.5) is 4.79 Å². The van der Waals surface area contributed by atoms with Gasteiger partial charge in [0.15, 0.2) is 0 Å². The van der Waals surface area contributed by atoms with E-state index < -0.39 is 31.3 Å². The molecule has 6 heteroatoms. The van der Waals surface area contributed by atoms with E-state index >= 15 is 0 Å². The molecule has 0 heterocycles. The lowest BCUT2D eigenvalue weighted by Crippen LogP contribution is -2.63. The zero-order valence-corrected chi connectivity index (χ0v) is 14.4. The van der Waals surface area contributed by atoms with Crippen LogP contribution < -0.4 is 5.32 Å². The van der Waals surface area contributed by atoms with Crippen LogP contribution in [-0.2, 0) is 9.53 Å². The molecule has 1 fully saturated rings. The predicted octanol–water partition coefficient (Wildman–Crippen LogP) is 3.08. The lowest BCUT2D eigenvalue weighted by Gasteiger charge is -2.46. The highest BCUT2D eigenvalue weighted by Gasteiger charge is 2.52. The van der Waals surface area contributed by atoms with Crippen molar-refractivity contribution in [2.45, 2.75) is 70.4 Å². The second-order valence-corrected chi connectivity index (χ2v) is 13.6. The maximum atomic E-state index is 11.8. The Balaban J connectivity index is 2.61. The summed E-state index contributed by atoms with van der Waals surface area (Å²) in [5.74, 6) is -0.567. The molecule has 20 heavy (non-hydrogen) atoms. The second kappa shape index (κ2) is 5.39. The lowest BCUT2D eigenvalue weighted by atomic mass is 9.69. The van der Waals surface area contributed by atoms with Crippen molar-refractivity contribution in [1.82, 2.24) is 5.32 Å². The van der Waals surface area contributed by atoms with Crippen LogP contribution in [-0.4, -0.2) is 36.4 Å². The molecule has 2 N–H and O–H groups in total. The van der Waals surface area contributed by atoms with Gasteiger partial charge < -0.3 is 15.2 Å². The van der Waals surface area contributed by atoms with Gasteiger partial charge in [0.2, 0.25) is 0 Å². The number of carbonyl (C=O) groups is 2. The van der Waals surface area contributed by atoms with Crippen LogP contribution in [0.25, 0.3) is 0 Å². The third-order valence-electron chi connectivity index (χ3n) is 3.32. The molecule has 5 nitrogen and oxygen atoms in total. The van der Waals surface area contributed by atoms with E-state index in [1.807, 2.05) is 0 Å². The average molecular weight is 301 g/mol. The molecule has 0 aromatic rings. The van der Waals surface area contributed by atoms with Crippen molar-refractivity contribution in [3.8, 4) is 0 Å². The number of carboxylic acid groups (broad SMARTS) is 1. The number of hydrogen-bond donors (Lipinski definition) is 2. The summed E-state index contributed by atoms with van der Waals surface area (Å²) in [6.45, 7) is 12.1. The van der Waals surface area contributed by atoms with E-state index in [0.717, 1.165) is 6.04 Å². The first kappa shape index (κ1) is 17.0. The van der Waals surface area contributed by atoms with Gasteiger partial charge in [-0.2, -0.15) is 0 Å². The van der Waals surface area contributed by atoms with Gasteiger partial charge in [0.05, 0.1) is 0 Å². The van der Waals surface area contributed by atoms with Crippen LogP contribution >= 0.6 is 0 Å². The first-order valence-electron chi connectivity index (χ1n) is 7.08. The molecule has 1 saturated carbocycles. The Hall–Kier alpha value is -1.04. The third-order valence-corrected chi connectivity index (χ3v) is 5.13. The molecule has 0 unspecified atom stereocenters. The van der Waals surface area contributed by atoms with Gasteiger partial charge in [0.25, 0.3) is 0 Å². The standard InChI is InChI=1S/C14H27NO4Si/c1-13(2,3)19-12(18)15-14(11(16)17)7-10(8-14)9-20(4,5)6/h10H,7-9H2,1-6H3,(H,15,18)(H,16,17). The van der Waals surface area contributed by atoms with E-state index in [1.54, 1.807) is 20.8 Å². The van der Waals surface area contributed by atoms with Crippen LogP contribution in [0.3, 0.4) is 0 Å². The molecule has 0 aliphatic heterocycles. The van der Waals surface area contributed by atoms with Crippen LogP contribution in [0.2, 0.25) is 25.7 Å². The Bertz CT molecular complexity index is 389. The smallest absolute Gasteiger partial charge is 0.408 e. The number of aliphatic carboxylic acids is 1. The maximum Gasteiger partial charge on any atom is 0.408 e. The Morgan fingerprint density at radius 3 is 2.15 bits per heavy atom. The van der Waals surface area contributed by atoms with Crippen molar-refractivity contribution in [2.75, 3.05) is 0 Å². The van der Waals surface area contributed by atoms with Crippen molar-refractivity contribution in [3.63, 3.8) is 0 Å². The highest BCUT2D eigenvalue weighted by molar-refractivity contribution is 6.76. The number of ether oxygens (including phenoxy) is 1. The second-order valence-electron chi connectivity index (χ2n) is 8.05. The molecule has 1 amide bonds. The number of hydrogen-bond acceptors (Lipinski definition) is 3. The van der Waals surface area contributed by atoms with Crippen molar-refractivity contribution >= 4 is 20.1 Å². The summed E-state index contributed by atoms with van der Waals surface area (Å²) in [6.07, 6.45) is 0.365. The molecule has 0 aromatic heterocycles. The molecule has 0 radical (unpaired) electrons. The summed E-state index contributed by atoms with van der Waals surface area (Å²) < 4.78 is 5.15. The van der Waals surface area contributed by atoms with Crippen molar-refractivity contribution in [2.24, 2.45) is 5.92 Å². The molecule has 116 valence electrons. The molecule has 1 aliphatic rings. The van der Waals surface area contributed by atoms with Crippen LogP contribution in [0.5, 0.6) is 0 Å². The molecular formula is C14H27NO4Si. The van der Waals surface area contributed by atoms with E-state index in [4.69, 9.17) is 4.74 Å². The largest absolute Gasteiger partial charge is 0.480 e. The maximum absolute atomic E-state index is 11.8. The third kappa shape index (κ3) is 4.81. The number of carboxylic acids is 1. The molecule has 0 aromatic carbocycles. The van der Waals surface area contributed by atoms with Crippen molar-refractivity contribution in [3.05, 3.63) is 0 Å². The molecule has 0 atom stereocenters. The SMILES string of the molecule is CC(C)(C)OC(=O)NC1(C(=O)O)CC(C[Si](C)(C)C)C1.